The van der Waals surface area contributed by atoms with Gasteiger partial charge in [-0.05, 0) is 57.9 Å². The maximum atomic E-state index is 11.7. The first-order valence-corrected chi connectivity index (χ1v) is 8.48. The van der Waals surface area contributed by atoms with Gasteiger partial charge in [0.1, 0.15) is 12.6 Å². The van der Waals surface area contributed by atoms with E-state index in [4.69, 9.17) is 0 Å². The second-order valence-electron chi connectivity index (χ2n) is 6.95. The zero-order chi connectivity index (χ0) is 17.4. The van der Waals surface area contributed by atoms with E-state index in [9.17, 15) is 14.7 Å². The Bertz CT molecular complexity index is 495. The molecule has 3 heteroatoms. The Labute approximate surface area is 140 Å². The topological polar surface area (TPSA) is 54.4 Å². The van der Waals surface area contributed by atoms with E-state index in [1.807, 2.05) is 19.1 Å². The molecule has 0 spiro atoms. The number of aliphatic hydroxyl groups excluding tert-OH is 1. The van der Waals surface area contributed by atoms with E-state index in [-0.39, 0.29) is 11.8 Å². The first-order chi connectivity index (χ1) is 10.9. The minimum absolute atomic E-state index is 0.157. The highest BCUT2D eigenvalue weighted by Gasteiger charge is 2.35. The van der Waals surface area contributed by atoms with Crippen molar-refractivity contribution in [2.45, 2.75) is 59.5 Å². The summed E-state index contributed by atoms with van der Waals surface area (Å²) in [5.74, 6) is -0.593. The molecule has 0 saturated carbocycles. The van der Waals surface area contributed by atoms with E-state index in [1.165, 1.54) is 5.57 Å². The molecule has 1 aliphatic rings. The number of hydrogen-bond donors (Lipinski definition) is 1. The van der Waals surface area contributed by atoms with Crippen LogP contribution in [0.3, 0.4) is 0 Å². The lowest BCUT2D eigenvalue weighted by molar-refractivity contribution is -0.116. The van der Waals surface area contributed by atoms with Gasteiger partial charge in [-0.2, -0.15) is 0 Å². The summed E-state index contributed by atoms with van der Waals surface area (Å²) in [6.45, 7) is 8.19. The molecule has 1 aliphatic carbocycles. The van der Waals surface area contributed by atoms with Gasteiger partial charge in [0.15, 0.2) is 0 Å². The average molecular weight is 318 g/mol. The van der Waals surface area contributed by atoms with Gasteiger partial charge in [-0.3, -0.25) is 4.79 Å². The number of rotatable bonds is 6. The van der Waals surface area contributed by atoms with Crippen LogP contribution in [-0.2, 0) is 9.59 Å². The molecule has 0 saturated heterocycles. The second kappa shape index (κ2) is 9.61. The maximum absolute atomic E-state index is 11.7. The number of allylic oxidation sites excluding steroid dienone is 5. The predicted octanol–water partition coefficient (Wildman–Crippen LogP) is 4.03. The summed E-state index contributed by atoms with van der Waals surface area (Å²) in [7, 11) is 0. The molecule has 1 rings (SSSR count). The van der Waals surface area contributed by atoms with Crippen LogP contribution in [0.5, 0.6) is 0 Å². The van der Waals surface area contributed by atoms with Gasteiger partial charge < -0.3 is 9.90 Å². The summed E-state index contributed by atoms with van der Waals surface area (Å²) in [5, 5.41) is 10.7. The molecule has 0 aromatic rings. The summed E-state index contributed by atoms with van der Waals surface area (Å²) in [6, 6.07) is 0. The van der Waals surface area contributed by atoms with Crippen LogP contribution in [0.2, 0.25) is 0 Å². The highest BCUT2D eigenvalue weighted by atomic mass is 16.3. The molecule has 0 heterocycles. The SMILES string of the molecule is CC(C)=CCC[C@H](C)[C@@H]1C(C=O)/C(C=O)=C\C/C=C(\C)C[C@@H]1O. The lowest BCUT2D eigenvalue weighted by Gasteiger charge is -2.33. The standard InChI is InChI=1S/C20H30O3/c1-14(2)7-5-9-16(4)20-18(13-22)17(12-21)10-6-8-15(3)11-19(20)23/h7-8,10,12-13,16,18-20,23H,5-6,9,11H2,1-4H3/b15-8+,17-10-/t16-,18?,19-,20+/m0/s1. The van der Waals surface area contributed by atoms with Crippen LogP contribution in [0.25, 0.3) is 0 Å². The predicted molar refractivity (Wildman–Crippen MR) is 94.0 cm³/mol. The smallest absolute Gasteiger partial charge is 0.146 e. The molecule has 128 valence electrons. The largest absolute Gasteiger partial charge is 0.392 e. The highest BCUT2D eigenvalue weighted by molar-refractivity contribution is 5.81. The maximum Gasteiger partial charge on any atom is 0.146 e. The Morgan fingerprint density at radius 3 is 2.61 bits per heavy atom. The zero-order valence-corrected chi connectivity index (χ0v) is 14.8. The number of aldehydes is 2. The van der Waals surface area contributed by atoms with Gasteiger partial charge in [0.25, 0.3) is 0 Å². The van der Waals surface area contributed by atoms with Gasteiger partial charge in [-0.25, -0.2) is 0 Å². The van der Waals surface area contributed by atoms with Crippen LogP contribution in [0.1, 0.15) is 53.4 Å². The lowest BCUT2D eigenvalue weighted by atomic mass is 9.73. The summed E-state index contributed by atoms with van der Waals surface area (Å²) >= 11 is 0. The summed E-state index contributed by atoms with van der Waals surface area (Å²) < 4.78 is 0. The average Bonchev–Trinajstić information content (AvgIpc) is 2.53. The van der Waals surface area contributed by atoms with Crippen molar-refractivity contribution in [1.29, 1.82) is 0 Å². The first-order valence-electron chi connectivity index (χ1n) is 8.48. The Hall–Kier alpha value is -1.48. The van der Waals surface area contributed by atoms with Crippen LogP contribution in [0.4, 0.5) is 0 Å². The molecule has 23 heavy (non-hydrogen) atoms. The normalized spacial score (nSPS) is 31.3. The van der Waals surface area contributed by atoms with Gasteiger partial charge in [-0.15, -0.1) is 0 Å². The van der Waals surface area contributed by atoms with Gasteiger partial charge >= 0.3 is 0 Å². The number of hydrogen-bond acceptors (Lipinski definition) is 3. The van der Waals surface area contributed by atoms with Gasteiger partial charge in [0, 0.05) is 11.8 Å². The van der Waals surface area contributed by atoms with E-state index in [0.29, 0.717) is 18.4 Å². The van der Waals surface area contributed by atoms with Crippen molar-refractivity contribution in [3.05, 3.63) is 34.9 Å². The highest BCUT2D eigenvalue weighted by Crippen LogP contribution is 2.34. The molecule has 3 nitrogen and oxygen atoms in total. The fourth-order valence-corrected chi connectivity index (χ4v) is 3.40. The second-order valence-corrected chi connectivity index (χ2v) is 6.95. The van der Waals surface area contributed by atoms with Crippen molar-refractivity contribution in [3.8, 4) is 0 Å². The Morgan fingerprint density at radius 1 is 1.35 bits per heavy atom. The summed E-state index contributed by atoms with van der Waals surface area (Å²) in [4.78, 5) is 23.1. The Kier molecular flexibility index (Phi) is 8.18. The molecule has 4 atom stereocenters. The Morgan fingerprint density at radius 2 is 2.04 bits per heavy atom. The van der Waals surface area contributed by atoms with Gasteiger partial charge in [0.2, 0.25) is 0 Å². The van der Waals surface area contributed by atoms with Crippen LogP contribution < -0.4 is 0 Å². The van der Waals surface area contributed by atoms with Crippen LogP contribution in [0, 0.1) is 17.8 Å². The van der Waals surface area contributed by atoms with E-state index in [1.54, 1.807) is 0 Å². The summed E-state index contributed by atoms with van der Waals surface area (Å²) in [5.41, 5.74) is 2.88. The van der Waals surface area contributed by atoms with Crippen LogP contribution in [0.15, 0.2) is 34.9 Å². The molecule has 0 aromatic carbocycles. The zero-order valence-electron chi connectivity index (χ0n) is 14.8. The number of carbonyl (C=O) groups is 2. The molecule has 0 aromatic heterocycles. The minimum Gasteiger partial charge on any atom is -0.392 e. The molecule has 1 unspecified atom stereocenters. The lowest BCUT2D eigenvalue weighted by Crippen LogP contribution is -2.35. The monoisotopic (exact) mass is 318 g/mol. The van der Waals surface area contributed by atoms with E-state index >= 15 is 0 Å². The number of carbonyl (C=O) groups excluding carboxylic acids is 2. The Balaban J connectivity index is 3.07. The minimum atomic E-state index is -0.607. The molecule has 1 N–H and O–H groups in total. The van der Waals surface area contributed by atoms with E-state index in [0.717, 1.165) is 31.0 Å². The molecule has 0 radical (unpaired) electrons. The van der Waals surface area contributed by atoms with E-state index in [2.05, 4.69) is 26.8 Å². The van der Waals surface area contributed by atoms with Gasteiger partial charge in [-0.1, -0.05) is 36.3 Å². The van der Waals surface area contributed by atoms with Crippen molar-refractivity contribution in [3.63, 3.8) is 0 Å². The van der Waals surface area contributed by atoms with Crippen molar-refractivity contribution in [2.75, 3.05) is 0 Å². The molecule has 0 fully saturated rings. The van der Waals surface area contributed by atoms with E-state index < -0.39 is 12.0 Å². The van der Waals surface area contributed by atoms with Crippen molar-refractivity contribution in [1.82, 2.24) is 0 Å². The molecule has 0 aliphatic heterocycles. The molecule has 0 amide bonds. The van der Waals surface area contributed by atoms with Gasteiger partial charge in [0.05, 0.1) is 6.10 Å². The van der Waals surface area contributed by atoms with Crippen molar-refractivity contribution in [2.24, 2.45) is 17.8 Å². The fraction of sp³-hybridized carbons (Fsp3) is 0.600. The number of aliphatic hydroxyl groups is 1. The third-order valence-electron chi connectivity index (χ3n) is 4.71. The van der Waals surface area contributed by atoms with Crippen molar-refractivity contribution < 1.29 is 14.7 Å². The van der Waals surface area contributed by atoms with Crippen LogP contribution in [-0.4, -0.2) is 23.8 Å². The van der Waals surface area contributed by atoms with Crippen molar-refractivity contribution >= 4 is 12.6 Å². The molecule has 0 bridgehead atoms. The third-order valence-corrected chi connectivity index (χ3v) is 4.71. The van der Waals surface area contributed by atoms with Crippen LogP contribution >= 0.6 is 0 Å². The fourth-order valence-electron chi connectivity index (χ4n) is 3.40. The molecular weight excluding hydrogens is 288 g/mol. The first kappa shape index (κ1) is 19.6. The third kappa shape index (κ3) is 5.91. The molecular formula is C20H30O3. The quantitative estimate of drug-likeness (QED) is 0.594. The summed E-state index contributed by atoms with van der Waals surface area (Å²) in [6.07, 6.45) is 10.0.